The highest BCUT2D eigenvalue weighted by Gasteiger charge is 2.36. The Labute approximate surface area is 166 Å². The predicted molar refractivity (Wildman–Crippen MR) is 107 cm³/mol. The largest absolute Gasteiger partial charge is 0.507 e. The van der Waals surface area contributed by atoms with E-state index in [-0.39, 0.29) is 46.8 Å². The van der Waals surface area contributed by atoms with Crippen molar-refractivity contribution >= 4 is 22.6 Å². The summed E-state index contributed by atoms with van der Waals surface area (Å²) in [6.07, 6.45) is 0.676. The van der Waals surface area contributed by atoms with Crippen LogP contribution in [0.25, 0.3) is 22.3 Å². The highest BCUT2D eigenvalue weighted by atomic mass is 35.5. The lowest BCUT2D eigenvalue weighted by Gasteiger charge is -2.24. The lowest BCUT2D eigenvalue weighted by molar-refractivity contribution is 0.172. The third kappa shape index (κ3) is 2.94. The number of halogens is 1. The standard InChI is InChI=1S/C21H20ClNO5/c1-23-7-6-12(14(23)10-24)19-15(25)8-16(26)20-17(27)9-18(28-21(19)20)11-4-2-3-5-13(11)22/h2-5,8-9,12,14,24-26H,6-7,10H2,1H3/t12-,14-/m0/s1. The summed E-state index contributed by atoms with van der Waals surface area (Å²) in [5, 5.41) is 31.2. The Hall–Kier alpha value is -2.54. The smallest absolute Gasteiger partial charge is 0.197 e. The summed E-state index contributed by atoms with van der Waals surface area (Å²) >= 11 is 6.26. The topological polar surface area (TPSA) is 94.1 Å². The molecule has 1 fully saturated rings. The van der Waals surface area contributed by atoms with Gasteiger partial charge in [0.1, 0.15) is 28.2 Å². The van der Waals surface area contributed by atoms with Gasteiger partial charge in [-0.15, -0.1) is 0 Å². The van der Waals surface area contributed by atoms with E-state index in [0.29, 0.717) is 22.6 Å². The maximum Gasteiger partial charge on any atom is 0.197 e. The van der Waals surface area contributed by atoms with Crippen LogP contribution in [-0.2, 0) is 0 Å². The molecule has 1 aliphatic heterocycles. The Kier molecular flexibility index (Phi) is 4.79. The summed E-state index contributed by atoms with van der Waals surface area (Å²) in [6.45, 7) is 0.629. The van der Waals surface area contributed by atoms with Crippen LogP contribution in [0, 0.1) is 0 Å². The first-order valence-corrected chi connectivity index (χ1v) is 9.38. The number of phenols is 2. The molecule has 0 bridgehead atoms. The summed E-state index contributed by atoms with van der Waals surface area (Å²) in [5.74, 6) is -0.505. The number of hydrogen-bond donors (Lipinski definition) is 3. The van der Waals surface area contributed by atoms with E-state index in [1.54, 1.807) is 24.3 Å². The van der Waals surface area contributed by atoms with E-state index in [0.717, 1.165) is 12.6 Å². The van der Waals surface area contributed by atoms with E-state index in [1.807, 2.05) is 11.9 Å². The number of fused-ring (bicyclic) bond motifs is 1. The van der Waals surface area contributed by atoms with Gasteiger partial charge in [-0.3, -0.25) is 4.79 Å². The average Bonchev–Trinajstić information content (AvgIpc) is 3.01. The molecule has 0 radical (unpaired) electrons. The molecule has 146 valence electrons. The van der Waals surface area contributed by atoms with Crippen LogP contribution >= 0.6 is 11.6 Å². The Morgan fingerprint density at radius 1 is 1.21 bits per heavy atom. The average molecular weight is 402 g/mol. The molecule has 0 spiro atoms. The number of likely N-dealkylation sites (N-methyl/N-ethyl adjacent to an activating group) is 1. The monoisotopic (exact) mass is 401 g/mol. The third-order valence-corrected chi connectivity index (χ3v) is 5.85. The van der Waals surface area contributed by atoms with Crippen molar-refractivity contribution in [3.8, 4) is 22.8 Å². The second kappa shape index (κ2) is 7.13. The first-order valence-electron chi connectivity index (χ1n) is 9.01. The fourth-order valence-corrected chi connectivity index (χ4v) is 4.31. The van der Waals surface area contributed by atoms with Crippen LogP contribution in [0.2, 0.25) is 5.02 Å². The maximum absolute atomic E-state index is 12.8. The summed E-state index contributed by atoms with van der Waals surface area (Å²) in [7, 11) is 1.89. The van der Waals surface area contributed by atoms with Gasteiger partial charge in [0, 0.05) is 35.2 Å². The van der Waals surface area contributed by atoms with E-state index >= 15 is 0 Å². The van der Waals surface area contributed by atoms with Gasteiger partial charge >= 0.3 is 0 Å². The van der Waals surface area contributed by atoms with Crippen molar-refractivity contribution in [2.24, 2.45) is 0 Å². The highest BCUT2D eigenvalue weighted by Crippen LogP contribution is 2.44. The first kappa shape index (κ1) is 18.8. The zero-order valence-electron chi connectivity index (χ0n) is 15.2. The van der Waals surface area contributed by atoms with Crippen LogP contribution in [0.15, 0.2) is 45.6 Å². The molecule has 2 aromatic carbocycles. The van der Waals surface area contributed by atoms with E-state index < -0.39 is 5.43 Å². The number of benzene rings is 2. The van der Waals surface area contributed by atoms with Gasteiger partial charge in [0.25, 0.3) is 0 Å². The van der Waals surface area contributed by atoms with E-state index in [1.165, 1.54) is 6.07 Å². The van der Waals surface area contributed by atoms with Gasteiger partial charge in [0.2, 0.25) is 0 Å². The molecule has 1 aliphatic rings. The third-order valence-electron chi connectivity index (χ3n) is 5.52. The van der Waals surface area contributed by atoms with Gasteiger partial charge in [-0.2, -0.15) is 0 Å². The molecule has 1 aromatic heterocycles. The van der Waals surface area contributed by atoms with Crippen molar-refractivity contribution < 1.29 is 19.7 Å². The quantitative estimate of drug-likeness (QED) is 0.623. The SMILES string of the molecule is CN1CC[C@H](c2c(O)cc(O)c3c(=O)cc(-c4ccccc4Cl)oc23)[C@@H]1CO. The Morgan fingerprint density at radius 2 is 1.96 bits per heavy atom. The number of aliphatic hydroxyl groups excluding tert-OH is 1. The zero-order valence-corrected chi connectivity index (χ0v) is 16.0. The molecule has 0 saturated carbocycles. The van der Waals surface area contributed by atoms with Gasteiger partial charge in [0.15, 0.2) is 5.43 Å². The number of phenolic OH excluding ortho intramolecular Hbond substituents is 2. The molecule has 3 N–H and O–H groups in total. The molecule has 0 aliphatic carbocycles. The van der Waals surface area contributed by atoms with Crippen LogP contribution in [0.5, 0.6) is 11.5 Å². The Bertz CT molecular complexity index is 1110. The first-order chi connectivity index (χ1) is 13.4. The lowest BCUT2D eigenvalue weighted by Crippen LogP contribution is -2.32. The molecule has 3 aromatic rings. The number of nitrogens with zero attached hydrogens (tertiary/aromatic N) is 1. The van der Waals surface area contributed by atoms with Gasteiger partial charge in [-0.05, 0) is 32.1 Å². The summed E-state index contributed by atoms with van der Waals surface area (Å²) < 4.78 is 6.04. The molecule has 1 saturated heterocycles. The number of likely N-dealkylation sites (tertiary alicyclic amines) is 1. The molecule has 0 amide bonds. The van der Waals surface area contributed by atoms with Gasteiger partial charge in [0.05, 0.1) is 11.6 Å². The maximum atomic E-state index is 12.8. The van der Waals surface area contributed by atoms with Crippen LogP contribution in [0.1, 0.15) is 17.9 Å². The second-order valence-corrected chi connectivity index (χ2v) is 7.52. The number of rotatable bonds is 3. The van der Waals surface area contributed by atoms with Crippen molar-refractivity contribution in [3.05, 3.63) is 57.2 Å². The molecule has 2 heterocycles. The minimum atomic E-state index is -0.429. The fourth-order valence-electron chi connectivity index (χ4n) is 4.09. The van der Waals surface area contributed by atoms with E-state index in [4.69, 9.17) is 16.0 Å². The Balaban J connectivity index is 2.03. The Morgan fingerprint density at radius 3 is 2.68 bits per heavy atom. The van der Waals surface area contributed by atoms with Crippen LogP contribution in [-0.4, -0.2) is 46.5 Å². The number of aliphatic hydroxyl groups is 1. The summed E-state index contributed by atoms with van der Waals surface area (Å²) in [4.78, 5) is 14.8. The van der Waals surface area contributed by atoms with Crippen molar-refractivity contribution in [1.29, 1.82) is 0 Å². The summed E-state index contributed by atoms with van der Waals surface area (Å²) in [6, 6.07) is 9.19. The molecule has 28 heavy (non-hydrogen) atoms. The van der Waals surface area contributed by atoms with Crippen molar-refractivity contribution in [1.82, 2.24) is 4.90 Å². The van der Waals surface area contributed by atoms with Gasteiger partial charge in [-0.1, -0.05) is 23.7 Å². The van der Waals surface area contributed by atoms with Crippen LogP contribution < -0.4 is 5.43 Å². The van der Waals surface area contributed by atoms with Crippen LogP contribution in [0.3, 0.4) is 0 Å². The van der Waals surface area contributed by atoms with Gasteiger partial charge in [-0.25, -0.2) is 0 Å². The van der Waals surface area contributed by atoms with E-state index in [9.17, 15) is 20.1 Å². The summed E-state index contributed by atoms with van der Waals surface area (Å²) in [5.41, 5.74) is 0.655. The van der Waals surface area contributed by atoms with Crippen molar-refractivity contribution in [2.45, 2.75) is 18.4 Å². The fraction of sp³-hybridized carbons (Fsp3) is 0.286. The zero-order chi connectivity index (χ0) is 20.0. The molecule has 2 atom stereocenters. The molecular weight excluding hydrogens is 382 g/mol. The lowest BCUT2D eigenvalue weighted by atomic mass is 9.89. The van der Waals surface area contributed by atoms with Gasteiger partial charge < -0.3 is 24.6 Å². The molecule has 6 nitrogen and oxygen atoms in total. The van der Waals surface area contributed by atoms with Crippen LogP contribution in [0.4, 0.5) is 0 Å². The van der Waals surface area contributed by atoms with Crippen molar-refractivity contribution in [3.63, 3.8) is 0 Å². The molecule has 4 rings (SSSR count). The minimum Gasteiger partial charge on any atom is -0.507 e. The van der Waals surface area contributed by atoms with E-state index in [2.05, 4.69) is 0 Å². The molecule has 0 unspecified atom stereocenters. The normalized spacial score (nSPS) is 20.1. The minimum absolute atomic E-state index is 0.00912. The highest BCUT2D eigenvalue weighted by molar-refractivity contribution is 6.33. The van der Waals surface area contributed by atoms with Crippen molar-refractivity contribution in [2.75, 3.05) is 20.2 Å². The number of aromatic hydroxyl groups is 2. The molecular formula is C21H20ClNO5. The predicted octanol–water partition coefficient (Wildman–Crippen LogP) is 3.30. The molecule has 7 heteroatoms. The number of hydrogen-bond acceptors (Lipinski definition) is 6. The second-order valence-electron chi connectivity index (χ2n) is 7.11.